The number of rotatable bonds is 4. The van der Waals surface area contributed by atoms with E-state index in [2.05, 4.69) is 51.1 Å². The molecule has 0 aliphatic heterocycles. The third-order valence-corrected chi connectivity index (χ3v) is 3.98. The fraction of sp³-hybridized carbons (Fsp3) is 0.250. The van der Waals surface area contributed by atoms with Crippen molar-refractivity contribution in [1.82, 2.24) is 9.88 Å². The molecule has 0 fully saturated rings. The van der Waals surface area contributed by atoms with Crippen molar-refractivity contribution in [3.8, 4) is 0 Å². The van der Waals surface area contributed by atoms with Gasteiger partial charge in [0.25, 0.3) is 0 Å². The second kappa shape index (κ2) is 7.09. The van der Waals surface area contributed by atoms with Crippen molar-refractivity contribution in [2.75, 3.05) is 12.8 Å². The number of aromatic nitrogens is 1. The molecule has 0 unspecified atom stereocenters. The van der Waals surface area contributed by atoms with Gasteiger partial charge in [-0.25, -0.2) is 4.98 Å². The number of thiazole rings is 1. The van der Waals surface area contributed by atoms with Gasteiger partial charge in [-0.2, -0.15) is 0 Å². The molecule has 0 radical (unpaired) electrons. The van der Waals surface area contributed by atoms with Gasteiger partial charge in [-0.05, 0) is 18.7 Å². The molecule has 0 bridgehead atoms. The van der Waals surface area contributed by atoms with Crippen LogP contribution in [0.15, 0.2) is 34.9 Å². The number of halogens is 2. The number of nitrogens with two attached hydrogens (primary N) is 1. The fourth-order valence-corrected chi connectivity index (χ4v) is 2.81. The quantitative estimate of drug-likeness (QED) is 0.919. The van der Waals surface area contributed by atoms with Crippen LogP contribution in [0.25, 0.3) is 0 Å². The van der Waals surface area contributed by atoms with E-state index in [0.29, 0.717) is 5.13 Å². The summed E-state index contributed by atoms with van der Waals surface area (Å²) in [7, 11) is 2.09. The largest absolute Gasteiger partial charge is 0.375 e. The van der Waals surface area contributed by atoms with E-state index in [-0.39, 0.29) is 12.4 Å². The lowest BCUT2D eigenvalue weighted by Crippen LogP contribution is -2.16. The third-order valence-electron chi connectivity index (χ3n) is 2.40. The molecule has 0 saturated heterocycles. The normalized spacial score (nSPS) is 10.4. The van der Waals surface area contributed by atoms with Gasteiger partial charge in [0, 0.05) is 28.6 Å². The Kier molecular flexibility index (Phi) is 6.08. The van der Waals surface area contributed by atoms with Crippen LogP contribution in [0.3, 0.4) is 0 Å². The van der Waals surface area contributed by atoms with E-state index >= 15 is 0 Å². The number of hydrogen-bond donors (Lipinski definition) is 1. The van der Waals surface area contributed by atoms with Crippen LogP contribution < -0.4 is 5.73 Å². The third kappa shape index (κ3) is 4.24. The highest BCUT2D eigenvalue weighted by Gasteiger charge is 2.06. The molecule has 98 valence electrons. The van der Waals surface area contributed by atoms with Gasteiger partial charge in [-0.3, -0.25) is 4.90 Å². The lowest BCUT2D eigenvalue weighted by molar-refractivity contribution is 0.321. The molecule has 2 N–H and O–H groups in total. The first-order valence-electron chi connectivity index (χ1n) is 5.27. The Morgan fingerprint density at radius 2 is 2.06 bits per heavy atom. The monoisotopic (exact) mass is 347 g/mol. The van der Waals surface area contributed by atoms with Crippen LogP contribution in [0.5, 0.6) is 0 Å². The molecule has 0 atom stereocenters. The maximum Gasteiger partial charge on any atom is 0.180 e. The van der Waals surface area contributed by atoms with Gasteiger partial charge in [-0.1, -0.05) is 34.1 Å². The van der Waals surface area contributed by atoms with E-state index in [9.17, 15) is 0 Å². The zero-order valence-electron chi connectivity index (χ0n) is 9.97. The maximum absolute atomic E-state index is 5.61. The summed E-state index contributed by atoms with van der Waals surface area (Å²) in [6.07, 6.45) is 1.84. The highest BCUT2D eigenvalue weighted by atomic mass is 79.9. The summed E-state index contributed by atoms with van der Waals surface area (Å²) in [5.74, 6) is 0. The molecule has 0 spiro atoms. The molecule has 2 aromatic rings. The van der Waals surface area contributed by atoms with Gasteiger partial charge in [0.15, 0.2) is 5.13 Å². The zero-order valence-corrected chi connectivity index (χ0v) is 13.2. The number of nitrogen functional groups attached to an aromatic ring is 1. The molecular formula is C12H15BrClN3S. The molecule has 0 aliphatic rings. The summed E-state index contributed by atoms with van der Waals surface area (Å²) in [5, 5.41) is 0.634. The number of hydrogen-bond acceptors (Lipinski definition) is 4. The molecular weight excluding hydrogens is 334 g/mol. The van der Waals surface area contributed by atoms with E-state index in [1.807, 2.05) is 12.3 Å². The van der Waals surface area contributed by atoms with Crippen LogP contribution in [0.2, 0.25) is 0 Å². The Labute approximate surface area is 126 Å². The Balaban J connectivity index is 0.00000162. The molecule has 0 saturated carbocycles. The van der Waals surface area contributed by atoms with E-state index < -0.39 is 0 Å². The van der Waals surface area contributed by atoms with Crippen molar-refractivity contribution in [2.24, 2.45) is 0 Å². The van der Waals surface area contributed by atoms with Gasteiger partial charge in [-0.15, -0.1) is 23.7 Å². The van der Waals surface area contributed by atoms with Crippen molar-refractivity contribution in [3.05, 3.63) is 45.4 Å². The Hall–Kier alpha value is -0.620. The van der Waals surface area contributed by atoms with Crippen molar-refractivity contribution < 1.29 is 0 Å². The highest BCUT2D eigenvalue weighted by Crippen LogP contribution is 2.20. The lowest BCUT2D eigenvalue weighted by Gasteiger charge is -2.16. The van der Waals surface area contributed by atoms with Crippen molar-refractivity contribution in [2.45, 2.75) is 13.1 Å². The predicted octanol–water partition coefficient (Wildman–Crippen LogP) is 3.54. The second-order valence-electron chi connectivity index (χ2n) is 3.93. The molecule has 2 rings (SSSR count). The minimum absolute atomic E-state index is 0. The maximum atomic E-state index is 5.61. The van der Waals surface area contributed by atoms with Gasteiger partial charge in [0.2, 0.25) is 0 Å². The van der Waals surface area contributed by atoms with Crippen LogP contribution >= 0.6 is 39.7 Å². The van der Waals surface area contributed by atoms with Crippen LogP contribution in [0.1, 0.15) is 10.4 Å². The van der Waals surface area contributed by atoms with Crippen molar-refractivity contribution in [3.63, 3.8) is 0 Å². The summed E-state index contributed by atoms with van der Waals surface area (Å²) >= 11 is 5.10. The van der Waals surface area contributed by atoms with Gasteiger partial charge >= 0.3 is 0 Å². The van der Waals surface area contributed by atoms with E-state index in [4.69, 9.17) is 5.73 Å². The predicted molar refractivity (Wildman–Crippen MR) is 83.1 cm³/mol. The van der Waals surface area contributed by atoms with Crippen LogP contribution in [-0.4, -0.2) is 16.9 Å². The van der Waals surface area contributed by atoms with Crippen LogP contribution in [0.4, 0.5) is 5.13 Å². The molecule has 3 nitrogen and oxygen atoms in total. The molecule has 6 heteroatoms. The summed E-state index contributed by atoms with van der Waals surface area (Å²) < 4.78 is 1.15. The van der Waals surface area contributed by atoms with Crippen LogP contribution in [0, 0.1) is 0 Å². The van der Waals surface area contributed by atoms with Gasteiger partial charge < -0.3 is 5.73 Å². The molecule has 1 aromatic heterocycles. The Morgan fingerprint density at radius 1 is 1.33 bits per heavy atom. The SMILES string of the molecule is CN(Cc1cnc(N)s1)Cc1ccccc1Br.Cl. The minimum Gasteiger partial charge on any atom is -0.375 e. The standard InChI is InChI=1S/C12H14BrN3S.ClH/c1-16(8-10-6-15-12(14)17-10)7-9-4-2-3-5-11(9)13;/h2-6H,7-8H2,1H3,(H2,14,15);1H. The average molecular weight is 349 g/mol. The molecule has 0 aliphatic carbocycles. The number of nitrogens with zero attached hydrogens (tertiary/aromatic N) is 2. The summed E-state index contributed by atoms with van der Waals surface area (Å²) in [6, 6.07) is 8.27. The first-order valence-corrected chi connectivity index (χ1v) is 6.88. The molecule has 18 heavy (non-hydrogen) atoms. The van der Waals surface area contributed by atoms with E-state index in [1.54, 1.807) is 11.3 Å². The highest BCUT2D eigenvalue weighted by molar-refractivity contribution is 9.10. The molecule has 1 heterocycles. The minimum atomic E-state index is 0. The topological polar surface area (TPSA) is 42.2 Å². The number of benzene rings is 1. The van der Waals surface area contributed by atoms with Gasteiger partial charge in [0.1, 0.15) is 0 Å². The average Bonchev–Trinajstić information content (AvgIpc) is 2.67. The zero-order chi connectivity index (χ0) is 12.3. The second-order valence-corrected chi connectivity index (χ2v) is 5.93. The first kappa shape index (κ1) is 15.4. The Morgan fingerprint density at radius 3 is 2.67 bits per heavy atom. The lowest BCUT2D eigenvalue weighted by atomic mass is 10.2. The van der Waals surface area contributed by atoms with E-state index in [0.717, 1.165) is 17.6 Å². The summed E-state index contributed by atoms with van der Waals surface area (Å²) in [5.41, 5.74) is 6.90. The number of anilines is 1. The molecule has 1 aromatic carbocycles. The Bertz CT molecular complexity index is 504. The summed E-state index contributed by atoms with van der Waals surface area (Å²) in [4.78, 5) is 7.49. The van der Waals surface area contributed by atoms with Gasteiger partial charge in [0.05, 0.1) is 0 Å². The van der Waals surface area contributed by atoms with E-state index in [1.165, 1.54) is 10.4 Å². The smallest absolute Gasteiger partial charge is 0.180 e. The van der Waals surface area contributed by atoms with Crippen molar-refractivity contribution in [1.29, 1.82) is 0 Å². The first-order chi connectivity index (χ1) is 8.15. The fourth-order valence-electron chi connectivity index (χ4n) is 1.64. The van der Waals surface area contributed by atoms with Crippen LogP contribution in [-0.2, 0) is 13.1 Å². The molecule has 0 amide bonds. The summed E-state index contributed by atoms with van der Waals surface area (Å²) in [6.45, 7) is 1.77. The van der Waals surface area contributed by atoms with Crippen molar-refractivity contribution >= 4 is 44.8 Å².